The molecule has 0 radical (unpaired) electrons. The van der Waals surface area contributed by atoms with E-state index in [1.54, 1.807) is 60.7 Å². The lowest BCUT2D eigenvalue weighted by molar-refractivity contribution is -0.114. The second-order valence-corrected chi connectivity index (χ2v) is 12.6. The van der Waals surface area contributed by atoms with Crippen LogP contribution in [-0.4, -0.2) is 36.4 Å². The number of nitrogens with zero attached hydrogens (tertiary/aromatic N) is 1. The summed E-state index contributed by atoms with van der Waals surface area (Å²) in [5.74, 6) is -0.00104. The summed E-state index contributed by atoms with van der Waals surface area (Å²) in [7, 11) is -6.42. The highest BCUT2D eigenvalue weighted by Gasteiger charge is 2.27. The summed E-state index contributed by atoms with van der Waals surface area (Å²) in [4.78, 5) is 13.1. The van der Waals surface area contributed by atoms with Gasteiger partial charge in [-0.05, 0) is 86.6 Å². The number of sulfonamides is 2. The molecule has 0 fully saturated rings. The monoisotopic (exact) mass is 579 g/mol. The van der Waals surface area contributed by atoms with Crippen molar-refractivity contribution in [3.63, 3.8) is 0 Å². The first-order valence-electron chi connectivity index (χ1n) is 12.2. The number of hydrogen-bond acceptors (Lipinski definition) is 6. The van der Waals surface area contributed by atoms with Gasteiger partial charge in [-0.2, -0.15) is 0 Å². The number of benzene rings is 4. The molecule has 0 saturated carbocycles. The Labute approximate surface area is 234 Å². The van der Waals surface area contributed by atoms with Crippen molar-refractivity contribution in [1.29, 1.82) is 0 Å². The molecule has 0 atom stereocenters. The van der Waals surface area contributed by atoms with Crippen molar-refractivity contribution in [2.24, 2.45) is 0 Å². The van der Waals surface area contributed by atoms with Gasteiger partial charge in [0.15, 0.2) is 0 Å². The number of aryl methyl sites for hydroxylation is 2. The van der Waals surface area contributed by atoms with E-state index in [2.05, 4.69) is 10.0 Å². The van der Waals surface area contributed by atoms with Crippen molar-refractivity contribution in [3.05, 3.63) is 108 Å². The highest BCUT2D eigenvalue weighted by Crippen LogP contribution is 2.25. The van der Waals surface area contributed by atoms with Crippen LogP contribution in [0.2, 0.25) is 0 Å². The molecule has 0 bridgehead atoms. The molecule has 0 unspecified atom stereocenters. The summed E-state index contributed by atoms with van der Waals surface area (Å²) < 4.78 is 61.2. The van der Waals surface area contributed by atoms with Crippen molar-refractivity contribution >= 4 is 43.0 Å². The lowest BCUT2D eigenvalue weighted by Gasteiger charge is -2.24. The zero-order valence-electron chi connectivity index (χ0n) is 22.2. The molecule has 0 aliphatic rings. The molecule has 2 N–H and O–H groups in total. The summed E-state index contributed by atoms with van der Waals surface area (Å²) in [6, 6.07) is 25.2. The van der Waals surface area contributed by atoms with E-state index in [1.807, 2.05) is 13.8 Å². The van der Waals surface area contributed by atoms with Gasteiger partial charge in [-0.3, -0.25) is 13.8 Å². The van der Waals surface area contributed by atoms with E-state index >= 15 is 0 Å². The average molecular weight is 580 g/mol. The number of nitrogens with one attached hydrogen (secondary N) is 2. The van der Waals surface area contributed by atoms with Crippen molar-refractivity contribution in [2.75, 3.05) is 28.0 Å². The molecule has 4 aromatic rings. The molecule has 4 rings (SSSR count). The third kappa shape index (κ3) is 6.80. The van der Waals surface area contributed by atoms with Gasteiger partial charge in [-0.1, -0.05) is 35.4 Å². The molecule has 0 saturated heterocycles. The van der Waals surface area contributed by atoms with E-state index in [-0.39, 0.29) is 9.79 Å². The van der Waals surface area contributed by atoms with Crippen LogP contribution < -0.4 is 19.1 Å². The van der Waals surface area contributed by atoms with Crippen LogP contribution in [0, 0.1) is 13.8 Å². The van der Waals surface area contributed by atoms with Crippen LogP contribution in [0.3, 0.4) is 0 Å². The molecule has 0 heterocycles. The molecule has 0 aromatic heterocycles. The third-order valence-electron chi connectivity index (χ3n) is 6.01. The lowest BCUT2D eigenvalue weighted by Crippen LogP contribution is -2.38. The second kappa shape index (κ2) is 11.8. The normalized spacial score (nSPS) is 11.5. The molecule has 0 aliphatic heterocycles. The van der Waals surface area contributed by atoms with E-state index in [9.17, 15) is 21.6 Å². The van der Waals surface area contributed by atoms with Gasteiger partial charge in [0.2, 0.25) is 5.91 Å². The van der Waals surface area contributed by atoms with Crippen LogP contribution in [0.25, 0.3) is 0 Å². The number of methoxy groups -OCH3 is 1. The Balaban J connectivity index is 1.51. The second-order valence-electron chi connectivity index (χ2n) is 9.07. The van der Waals surface area contributed by atoms with Gasteiger partial charge in [-0.15, -0.1) is 0 Å². The summed E-state index contributed by atoms with van der Waals surface area (Å²) in [5.41, 5.74) is 2.86. The molecule has 4 aromatic carbocycles. The Morgan fingerprint density at radius 2 is 1.20 bits per heavy atom. The fourth-order valence-corrected chi connectivity index (χ4v) is 6.26. The maximum absolute atomic E-state index is 13.5. The number of carbonyl (C=O) groups excluding carboxylic acids is 1. The average Bonchev–Trinajstić information content (AvgIpc) is 2.93. The Bertz CT molecular complexity index is 1690. The summed E-state index contributed by atoms with van der Waals surface area (Å²) in [5, 5.41) is 2.65. The molecular weight excluding hydrogens is 550 g/mol. The van der Waals surface area contributed by atoms with E-state index in [0.29, 0.717) is 22.8 Å². The van der Waals surface area contributed by atoms with E-state index in [4.69, 9.17) is 4.74 Å². The lowest BCUT2D eigenvalue weighted by atomic mass is 10.2. The first-order valence-corrected chi connectivity index (χ1v) is 15.1. The maximum Gasteiger partial charge on any atom is 0.264 e. The van der Waals surface area contributed by atoms with Gasteiger partial charge in [0.25, 0.3) is 20.0 Å². The molecule has 11 heteroatoms. The number of ether oxygens (including phenoxy) is 1. The van der Waals surface area contributed by atoms with Crippen molar-refractivity contribution in [2.45, 2.75) is 23.6 Å². The smallest absolute Gasteiger partial charge is 0.264 e. The van der Waals surface area contributed by atoms with Crippen LogP contribution in [0.5, 0.6) is 5.75 Å². The standard InChI is InChI=1S/C29H29N3O6S2/c1-21-4-12-25(13-5-21)32(40(36,37)28-16-6-22(2)7-17-28)20-29(33)30-23-10-18-27(19-11-23)39(34,35)31-24-8-14-26(38-3)15-9-24/h4-19,31H,20H2,1-3H3,(H,30,33). The summed E-state index contributed by atoms with van der Waals surface area (Å²) in [6.07, 6.45) is 0. The fraction of sp³-hybridized carbons (Fsp3) is 0.138. The predicted octanol–water partition coefficient (Wildman–Crippen LogP) is 4.95. The largest absolute Gasteiger partial charge is 0.497 e. The molecule has 208 valence electrons. The summed E-state index contributed by atoms with van der Waals surface area (Å²) >= 11 is 0. The molecule has 0 aliphatic carbocycles. The topological polar surface area (TPSA) is 122 Å². The minimum absolute atomic E-state index is 0.00968. The molecule has 9 nitrogen and oxygen atoms in total. The van der Waals surface area contributed by atoms with Crippen molar-refractivity contribution < 1.29 is 26.4 Å². The molecule has 1 amide bonds. The predicted molar refractivity (Wildman–Crippen MR) is 156 cm³/mol. The third-order valence-corrected chi connectivity index (χ3v) is 9.19. The SMILES string of the molecule is COc1ccc(NS(=O)(=O)c2ccc(NC(=O)CN(c3ccc(C)cc3)S(=O)(=O)c3ccc(C)cc3)cc2)cc1. The minimum atomic E-state index is -4.05. The number of hydrogen-bond donors (Lipinski definition) is 2. The molecule has 0 spiro atoms. The van der Waals surface area contributed by atoms with Crippen LogP contribution >= 0.6 is 0 Å². The van der Waals surface area contributed by atoms with E-state index in [1.165, 1.54) is 43.5 Å². The van der Waals surface area contributed by atoms with Gasteiger partial charge in [0.1, 0.15) is 12.3 Å². The molecule has 40 heavy (non-hydrogen) atoms. The Morgan fingerprint density at radius 3 is 1.75 bits per heavy atom. The fourth-order valence-electron chi connectivity index (χ4n) is 3.79. The highest BCUT2D eigenvalue weighted by atomic mass is 32.2. The van der Waals surface area contributed by atoms with Gasteiger partial charge in [0.05, 0.1) is 22.6 Å². The van der Waals surface area contributed by atoms with Gasteiger partial charge in [0, 0.05) is 11.4 Å². The van der Waals surface area contributed by atoms with Crippen molar-refractivity contribution in [1.82, 2.24) is 0 Å². The summed E-state index contributed by atoms with van der Waals surface area (Å²) in [6.45, 7) is 3.25. The highest BCUT2D eigenvalue weighted by molar-refractivity contribution is 7.93. The Hall–Kier alpha value is -4.35. The van der Waals surface area contributed by atoms with Crippen LogP contribution in [0.1, 0.15) is 11.1 Å². The van der Waals surface area contributed by atoms with E-state index in [0.717, 1.165) is 15.4 Å². The van der Waals surface area contributed by atoms with Gasteiger partial charge >= 0.3 is 0 Å². The first kappa shape index (κ1) is 28.7. The first-order chi connectivity index (χ1) is 19.0. The van der Waals surface area contributed by atoms with Crippen LogP contribution in [-0.2, 0) is 24.8 Å². The number of anilines is 3. The maximum atomic E-state index is 13.5. The zero-order chi connectivity index (χ0) is 28.9. The van der Waals surface area contributed by atoms with Crippen molar-refractivity contribution in [3.8, 4) is 5.75 Å². The Morgan fingerprint density at radius 1 is 0.700 bits per heavy atom. The zero-order valence-corrected chi connectivity index (χ0v) is 23.8. The Kier molecular flexibility index (Phi) is 8.46. The van der Waals surface area contributed by atoms with Gasteiger partial charge in [-0.25, -0.2) is 16.8 Å². The number of amides is 1. The van der Waals surface area contributed by atoms with Crippen LogP contribution in [0.4, 0.5) is 17.1 Å². The number of rotatable bonds is 10. The molecular formula is C29H29N3O6S2. The van der Waals surface area contributed by atoms with Gasteiger partial charge < -0.3 is 10.1 Å². The quantitative estimate of drug-likeness (QED) is 0.274. The number of carbonyl (C=O) groups is 1. The minimum Gasteiger partial charge on any atom is -0.497 e. The van der Waals surface area contributed by atoms with E-state index < -0.39 is 32.5 Å². The van der Waals surface area contributed by atoms with Crippen LogP contribution in [0.15, 0.2) is 107 Å².